The van der Waals surface area contributed by atoms with Crippen molar-refractivity contribution < 1.29 is 4.74 Å². The molecule has 0 spiro atoms. The van der Waals surface area contributed by atoms with Crippen LogP contribution in [0.5, 0.6) is 5.75 Å². The highest BCUT2D eigenvalue weighted by atomic mass is 32.2. The Labute approximate surface area is 147 Å². The Balaban J connectivity index is 1.97. The molecule has 1 fully saturated rings. The van der Waals surface area contributed by atoms with E-state index >= 15 is 0 Å². The van der Waals surface area contributed by atoms with Gasteiger partial charge >= 0.3 is 5.69 Å². The molecule has 2 aromatic carbocycles. The van der Waals surface area contributed by atoms with Crippen molar-refractivity contribution in [1.29, 1.82) is 5.39 Å². The standard InChI is InChI=1S/C19H22N3OS/c1-14-6-8-15(9-7-14)24-19-13-17(22-10-4-3-5-11-22)16(21-20)12-18(19)23-2/h6-9,12-13H,3-5,10-11H2,1-2H3/q+1. The highest BCUT2D eigenvalue weighted by Gasteiger charge is 2.25. The van der Waals surface area contributed by atoms with Gasteiger partial charge in [-0.2, -0.15) is 0 Å². The molecule has 124 valence electrons. The predicted octanol–water partition coefficient (Wildman–Crippen LogP) is 5.63. The molecule has 1 heterocycles. The average Bonchev–Trinajstić information content (AvgIpc) is 2.64. The number of piperidine rings is 1. The number of diazo groups is 1. The monoisotopic (exact) mass is 340 g/mol. The van der Waals surface area contributed by atoms with Gasteiger partial charge in [0.15, 0.2) is 4.98 Å². The van der Waals surface area contributed by atoms with Crippen LogP contribution in [0.3, 0.4) is 0 Å². The number of benzene rings is 2. The van der Waals surface area contributed by atoms with E-state index in [1.54, 1.807) is 18.9 Å². The molecule has 0 bridgehead atoms. The lowest BCUT2D eigenvalue weighted by Gasteiger charge is -2.27. The summed E-state index contributed by atoms with van der Waals surface area (Å²) < 4.78 is 5.52. The van der Waals surface area contributed by atoms with Crippen LogP contribution in [0.4, 0.5) is 11.4 Å². The molecule has 4 nitrogen and oxygen atoms in total. The van der Waals surface area contributed by atoms with E-state index in [0.29, 0.717) is 5.69 Å². The summed E-state index contributed by atoms with van der Waals surface area (Å²) in [5, 5.41) is 9.42. The summed E-state index contributed by atoms with van der Waals surface area (Å²) in [5.41, 5.74) is 2.80. The third kappa shape index (κ3) is 3.65. The van der Waals surface area contributed by atoms with Gasteiger partial charge in [-0.05, 0) is 44.4 Å². The molecule has 0 unspecified atom stereocenters. The van der Waals surface area contributed by atoms with Gasteiger partial charge in [0, 0.05) is 18.0 Å². The zero-order valence-corrected chi connectivity index (χ0v) is 15.0. The number of methoxy groups -OCH3 is 1. The Morgan fingerprint density at radius 1 is 1.08 bits per heavy atom. The van der Waals surface area contributed by atoms with Crippen molar-refractivity contribution in [2.24, 2.45) is 0 Å². The quantitative estimate of drug-likeness (QED) is 0.676. The van der Waals surface area contributed by atoms with Crippen LogP contribution in [-0.4, -0.2) is 20.2 Å². The van der Waals surface area contributed by atoms with E-state index in [2.05, 4.69) is 47.1 Å². The Kier molecular flexibility index (Phi) is 5.27. The van der Waals surface area contributed by atoms with Gasteiger partial charge in [-0.15, -0.1) is 0 Å². The van der Waals surface area contributed by atoms with Crippen LogP contribution in [0.25, 0.3) is 4.98 Å². The maximum absolute atomic E-state index is 9.42. The summed E-state index contributed by atoms with van der Waals surface area (Å²) >= 11 is 1.67. The van der Waals surface area contributed by atoms with Crippen molar-refractivity contribution in [3.8, 4) is 5.75 Å². The number of hydrogen-bond acceptors (Lipinski definition) is 4. The third-order valence-electron chi connectivity index (χ3n) is 4.31. The zero-order valence-electron chi connectivity index (χ0n) is 14.2. The smallest absolute Gasteiger partial charge is 0.411 e. The van der Waals surface area contributed by atoms with Crippen molar-refractivity contribution >= 4 is 23.1 Å². The van der Waals surface area contributed by atoms with E-state index in [1.807, 2.05) is 6.07 Å². The molecule has 0 saturated carbocycles. The molecule has 5 heteroatoms. The molecule has 0 aliphatic carbocycles. The summed E-state index contributed by atoms with van der Waals surface area (Å²) in [7, 11) is 1.65. The molecule has 0 atom stereocenters. The van der Waals surface area contributed by atoms with E-state index in [1.165, 1.54) is 24.8 Å². The highest BCUT2D eigenvalue weighted by Crippen LogP contribution is 2.43. The van der Waals surface area contributed by atoms with Crippen molar-refractivity contribution in [3.05, 3.63) is 46.9 Å². The lowest BCUT2D eigenvalue weighted by Crippen LogP contribution is -2.29. The molecule has 0 aromatic heterocycles. The van der Waals surface area contributed by atoms with Crippen molar-refractivity contribution in [2.45, 2.75) is 36.0 Å². The fraction of sp³-hybridized carbons (Fsp3) is 0.368. The van der Waals surface area contributed by atoms with E-state index < -0.39 is 0 Å². The number of ether oxygens (including phenoxy) is 1. The molecule has 2 aromatic rings. The first kappa shape index (κ1) is 16.7. The van der Waals surface area contributed by atoms with Crippen LogP contribution in [-0.2, 0) is 0 Å². The number of rotatable bonds is 4. The Bertz CT molecular complexity index is 746. The third-order valence-corrected chi connectivity index (χ3v) is 5.36. The Hall–Kier alpha value is -2.19. The highest BCUT2D eigenvalue weighted by molar-refractivity contribution is 7.99. The summed E-state index contributed by atoms with van der Waals surface area (Å²) in [6.07, 6.45) is 3.62. The molecule has 0 amide bonds. The van der Waals surface area contributed by atoms with Gasteiger partial charge in [0.25, 0.3) is 0 Å². The maximum atomic E-state index is 9.42. The molecule has 1 aliphatic heterocycles. The SMILES string of the molecule is COc1cc([N+]#N)c(N2CCCCC2)cc1Sc1ccc(C)cc1. The maximum Gasteiger partial charge on any atom is 0.411 e. The van der Waals surface area contributed by atoms with E-state index in [0.717, 1.165) is 34.3 Å². The van der Waals surface area contributed by atoms with E-state index in [9.17, 15) is 5.39 Å². The number of nitrogens with zero attached hydrogens (tertiary/aromatic N) is 3. The van der Waals surface area contributed by atoms with Crippen molar-refractivity contribution in [3.63, 3.8) is 0 Å². The average molecular weight is 340 g/mol. The van der Waals surface area contributed by atoms with Gasteiger partial charge in [-0.1, -0.05) is 29.5 Å². The first-order valence-corrected chi connectivity index (χ1v) is 9.09. The second-order valence-electron chi connectivity index (χ2n) is 6.05. The minimum Gasteiger partial charge on any atom is -0.495 e. The topological polar surface area (TPSA) is 40.6 Å². The van der Waals surface area contributed by atoms with Crippen molar-refractivity contribution in [2.75, 3.05) is 25.1 Å². The lowest BCUT2D eigenvalue weighted by molar-refractivity contribution is 0.405. The molecular formula is C19H22N3OS+. The Morgan fingerprint density at radius 2 is 1.79 bits per heavy atom. The molecule has 0 radical (unpaired) electrons. The van der Waals surface area contributed by atoms with Crippen LogP contribution in [0.2, 0.25) is 0 Å². The van der Waals surface area contributed by atoms with E-state index in [4.69, 9.17) is 4.74 Å². The molecular weight excluding hydrogens is 318 g/mol. The summed E-state index contributed by atoms with van der Waals surface area (Å²) in [4.78, 5) is 7.99. The lowest BCUT2D eigenvalue weighted by atomic mass is 10.1. The van der Waals surface area contributed by atoms with Crippen LogP contribution < -0.4 is 9.64 Å². The number of hydrogen-bond donors (Lipinski definition) is 0. The fourth-order valence-corrected chi connectivity index (χ4v) is 3.92. The van der Waals surface area contributed by atoms with Gasteiger partial charge in [-0.3, -0.25) is 0 Å². The van der Waals surface area contributed by atoms with Crippen molar-refractivity contribution in [1.82, 2.24) is 0 Å². The molecule has 24 heavy (non-hydrogen) atoms. The van der Waals surface area contributed by atoms with Crippen LogP contribution >= 0.6 is 11.8 Å². The first-order valence-electron chi connectivity index (χ1n) is 8.28. The summed E-state index contributed by atoms with van der Waals surface area (Å²) in [6, 6.07) is 12.4. The van der Waals surface area contributed by atoms with Crippen LogP contribution in [0.1, 0.15) is 24.8 Å². The minimum absolute atomic E-state index is 0.571. The number of anilines is 1. The molecule has 0 N–H and O–H groups in total. The summed E-state index contributed by atoms with van der Waals surface area (Å²) in [5.74, 6) is 0.731. The minimum atomic E-state index is 0.571. The molecule has 1 saturated heterocycles. The van der Waals surface area contributed by atoms with Crippen LogP contribution in [0, 0.1) is 12.3 Å². The molecule has 1 aliphatic rings. The van der Waals surface area contributed by atoms with Gasteiger partial charge in [-0.25, -0.2) is 0 Å². The second-order valence-corrected chi connectivity index (χ2v) is 7.17. The zero-order chi connectivity index (χ0) is 16.9. The fourth-order valence-electron chi connectivity index (χ4n) is 2.98. The predicted molar refractivity (Wildman–Crippen MR) is 99.1 cm³/mol. The molecule has 3 rings (SSSR count). The summed E-state index contributed by atoms with van der Waals surface area (Å²) in [6.45, 7) is 4.09. The normalized spacial score (nSPS) is 14.3. The van der Waals surface area contributed by atoms with Gasteiger partial charge in [0.1, 0.15) is 11.4 Å². The van der Waals surface area contributed by atoms with Gasteiger partial charge < -0.3 is 9.64 Å². The first-order chi connectivity index (χ1) is 11.7. The second kappa shape index (κ2) is 7.59. The van der Waals surface area contributed by atoms with Gasteiger partial charge in [0.2, 0.25) is 5.39 Å². The van der Waals surface area contributed by atoms with E-state index in [-0.39, 0.29) is 0 Å². The van der Waals surface area contributed by atoms with Gasteiger partial charge in [0.05, 0.1) is 18.1 Å². The largest absolute Gasteiger partial charge is 0.495 e. The van der Waals surface area contributed by atoms with Crippen LogP contribution in [0.15, 0.2) is 46.2 Å². The number of aryl methyl sites for hydroxylation is 1. The Morgan fingerprint density at radius 3 is 2.42 bits per heavy atom.